The Labute approximate surface area is 249 Å². The van der Waals surface area contributed by atoms with Gasteiger partial charge in [0.1, 0.15) is 12.4 Å². The number of para-hydroxylation sites is 1. The molecule has 0 atom stereocenters. The number of nitrogens with one attached hydrogen (secondary N) is 1. The minimum Gasteiger partial charge on any atom is -0.486 e. The monoisotopic (exact) mass is 589 g/mol. The Hall–Kier alpha value is -3.82. The molecule has 1 heterocycles. The lowest BCUT2D eigenvalue weighted by Crippen LogP contribution is -2.17. The average Bonchev–Trinajstić information content (AvgIpc) is 3.42. The number of hydrazone groups is 1. The van der Waals surface area contributed by atoms with Gasteiger partial charge in [-0.15, -0.1) is 10.2 Å². The summed E-state index contributed by atoms with van der Waals surface area (Å²) < 4.78 is 13.3. The van der Waals surface area contributed by atoms with Crippen LogP contribution in [0.5, 0.6) is 5.75 Å². The number of esters is 1. The van der Waals surface area contributed by atoms with Crippen molar-refractivity contribution in [3.8, 4) is 11.4 Å². The molecule has 0 bridgehead atoms. The first kappa shape index (κ1) is 28.7. The van der Waals surface area contributed by atoms with Gasteiger partial charge in [-0.2, -0.15) is 5.10 Å². The van der Waals surface area contributed by atoms with Crippen LogP contribution in [0.2, 0.25) is 5.02 Å². The molecule has 4 aromatic rings. The first-order chi connectivity index (χ1) is 20.1. The average molecular weight is 590 g/mol. The molecule has 0 unspecified atom stereocenters. The highest BCUT2D eigenvalue weighted by Gasteiger charge is 2.22. The van der Waals surface area contributed by atoms with E-state index in [9.17, 15) is 4.79 Å². The summed E-state index contributed by atoms with van der Waals surface area (Å²) in [5.74, 6) is 1.42. The Balaban J connectivity index is 1.36. The van der Waals surface area contributed by atoms with Crippen LogP contribution in [-0.4, -0.2) is 32.4 Å². The number of carbonyl (C=O) groups is 1. The Morgan fingerprint density at radius 3 is 2.44 bits per heavy atom. The number of thioether (sulfide) groups is 1. The molecule has 1 aliphatic carbocycles. The first-order valence-corrected chi connectivity index (χ1v) is 15.0. The lowest BCUT2D eigenvalue weighted by Gasteiger charge is -2.22. The lowest BCUT2D eigenvalue weighted by molar-refractivity contribution is -0.134. The van der Waals surface area contributed by atoms with E-state index in [-0.39, 0.29) is 18.3 Å². The Morgan fingerprint density at radius 1 is 1.00 bits per heavy atom. The molecule has 1 fully saturated rings. The van der Waals surface area contributed by atoms with Crippen molar-refractivity contribution in [3.05, 3.63) is 95.3 Å². The molecule has 1 aliphatic rings. The van der Waals surface area contributed by atoms with Gasteiger partial charge < -0.3 is 9.47 Å². The van der Waals surface area contributed by atoms with Gasteiger partial charge in [0.05, 0.1) is 12.3 Å². The van der Waals surface area contributed by atoms with Crippen LogP contribution < -0.4 is 10.2 Å². The molecule has 41 heavy (non-hydrogen) atoms. The molecule has 8 nitrogen and oxygen atoms in total. The van der Waals surface area contributed by atoms with Crippen molar-refractivity contribution >= 4 is 40.1 Å². The first-order valence-electron chi connectivity index (χ1n) is 13.8. The van der Waals surface area contributed by atoms with Gasteiger partial charge in [-0.3, -0.25) is 9.99 Å². The van der Waals surface area contributed by atoms with Crippen LogP contribution in [0.3, 0.4) is 0 Å². The number of carbonyl (C=O) groups excluding carboxylic acids is 1. The van der Waals surface area contributed by atoms with Crippen LogP contribution in [0.1, 0.15) is 56.3 Å². The molecular weight excluding hydrogens is 558 g/mol. The Bertz CT molecular complexity index is 1450. The summed E-state index contributed by atoms with van der Waals surface area (Å²) in [6.07, 6.45) is 6.46. The highest BCUT2D eigenvalue weighted by molar-refractivity contribution is 8.15. The van der Waals surface area contributed by atoms with Gasteiger partial charge in [0.2, 0.25) is 10.2 Å². The van der Waals surface area contributed by atoms with Crippen LogP contribution >= 0.6 is 23.4 Å². The van der Waals surface area contributed by atoms with E-state index in [1.54, 1.807) is 31.2 Å². The summed E-state index contributed by atoms with van der Waals surface area (Å²) in [7, 11) is 0. The zero-order valence-corrected chi connectivity index (χ0v) is 24.4. The third-order valence-corrected chi connectivity index (χ3v) is 7.96. The number of aromatic nitrogens is 3. The Kier molecular flexibility index (Phi) is 9.93. The number of nitrogens with zero attached hydrogens (tertiary/aromatic N) is 4. The highest BCUT2D eigenvalue weighted by atomic mass is 35.5. The van der Waals surface area contributed by atoms with E-state index < -0.39 is 5.97 Å². The largest absolute Gasteiger partial charge is 0.486 e. The van der Waals surface area contributed by atoms with Crippen LogP contribution in [-0.2, 0) is 16.1 Å². The molecule has 1 saturated carbocycles. The molecule has 0 radical (unpaired) electrons. The van der Waals surface area contributed by atoms with Crippen molar-refractivity contribution < 1.29 is 14.3 Å². The number of rotatable bonds is 9. The van der Waals surface area contributed by atoms with Gasteiger partial charge in [0, 0.05) is 10.7 Å². The van der Waals surface area contributed by atoms with Gasteiger partial charge in [0.25, 0.3) is 0 Å². The minimum atomic E-state index is -0.572. The maximum atomic E-state index is 12.8. The minimum absolute atomic E-state index is 0.0807. The quantitative estimate of drug-likeness (QED) is 0.0705. The molecule has 0 saturated heterocycles. The Morgan fingerprint density at radius 2 is 1.73 bits per heavy atom. The van der Waals surface area contributed by atoms with Crippen molar-refractivity contribution in [1.82, 2.24) is 14.8 Å². The zero-order valence-electron chi connectivity index (χ0n) is 22.8. The number of ether oxygens (including phenoxy) is 2. The fraction of sp³-hybridized carbons (Fsp3) is 0.290. The fourth-order valence-electron chi connectivity index (χ4n) is 4.75. The molecule has 0 aliphatic heterocycles. The van der Waals surface area contributed by atoms with Gasteiger partial charge in [-0.1, -0.05) is 61.2 Å². The summed E-state index contributed by atoms with van der Waals surface area (Å²) in [5.41, 5.74) is 5.78. The number of hydrogen-bond acceptors (Lipinski definition) is 8. The smallest absolute Gasteiger partial charge is 0.365 e. The second kappa shape index (κ2) is 14.2. The molecule has 1 N–H and O–H groups in total. The maximum absolute atomic E-state index is 12.8. The van der Waals surface area contributed by atoms with Crippen LogP contribution in [0.4, 0.5) is 5.69 Å². The topological polar surface area (TPSA) is 90.6 Å². The van der Waals surface area contributed by atoms with E-state index in [2.05, 4.69) is 32.9 Å². The van der Waals surface area contributed by atoms with Crippen LogP contribution in [0, 0.1) is 0 Å². The van der Waals surface area contributed by atoms with E-state index in [1.807, 2.05) is 47.0 Å². The summed E-state index contributed by atoms with van der Waals surface area (Å²) in [4.78, 5) is 12.8. The van der Waals surface area contributed by atoms with Gasteiger partial charge in [-0.25, -0.2) is 4.79 Å². The molecule has 212 valence electrons. The van der Waals surface area contributed by atoms with Crippen molar-refractivity contribution in [1.29, 1.82) is 0 Å². The highest BCUT2D eigenvalue weighted by Crippen LogP contribution is 2.33. The van der Waals surface area contributed by atoms with E-state index in [0.29, 0.717) is 27.6 Å². The normalized spacial score (nSPS) is 14.0. The molecular formula is C31H32ClN5O3S. The van der Waals surface area contributed by atoms with E-state index >= 15 is 0 Å². The second-order valence-corrected chi connectivity index (χ2v) is 11.0. The third kappa shape index (κ3) is 7.68. The van der Waals surface area contributed by atoms with Crippen molar-refractivity contribution in [2.24, 2.45) is 5.10 Å². The molecule has 0 spiro atoms. The van der Waals surface area contributed by atoms with Gasteiger partial charge in [0.15, 0.2) is 5.82 Å². The number of hydrogen-bond donors (Lipinski definition) is 1. The molecule has 3 aromatic carbocycles. The second-order valence-electron chi connectivity index (χ2n) is 9.62. The van der Waals surface area contributed by atoms with E-state index in [0.717, 1.165) is 23.2 Å². The van der Waals surface area contributed by atoms with Crippen molar-refractivity contribution in [2.75, 3.05) is 12.0 Å². The summed E-state index contributed by atoms with van der Waals surface area (Å²) in [6, 6.07) is 25.1. The SMILES string of the molecule is CCOC(=O)/C(=N\Nc1ccc(Cl)cc1)Sc1nnc(COc2ccc(C3CCCCC3)cc2)n1-c1ccccc1. The van der Waals surface area contributed by atoms with Crippen LogP contribution in [0.25, 0.3) is 5.69 Å². The molecule has 5 rings (SSSR count). The van der Waals surface area contributed by atoms with Crippen LogP contribution in [0.15, 0.2) is 89.1 Å². The van der Waals surface area contributed by atoms with Crippen molar-refractivity contribution in [3.63, 3.8) is 0 Å². The third-order valence-electron chi connectivity index (χ3n) is 6.81. The van der Waals surface area contributed by atoms with Crippen molar-refractivity contribution in [2.45, 2.75) is 56.7 Å². The van der Waals surface area contributed by atoms with E-state index in [4.69, 9.17) is 21.1 Å². The molecule has 0 amide bonds. The maximum Gasteiger partial charge on any atom is 0.365 e. The predicted molar refractivity (Wildman–Crippen MR) is 163 cm³/mol. The summed E-state index contributed by atoms with van der Waals surface area (Å²) in [6.45, 7) is 2.15. The number of halogens is 1. The summed E-state index contributed by atoms with van der Waals surface area (Å²) in [5, 5.41) is 14.3. The number of anilines is 1. The fourth-order valence-corrected chi connectivity index (χ4v) is 5.66. The summed E-state index contributed by atoms with van der Waals surface area (Å²) >= 11 is 7.05. The standard InChI is InChI=1S/C31H32ClN5O3S/c1-2-39-30(38)29(35-33-25-17-15-24(32)16-18-25)41-31-36-34-28(37(31)26-11-7-4-8-12-26)21-40-27-19-13-23(14-20-27)22-9-5-3-6-10-22/h4,7-8,11-20,22,33H,2-3,5-6,9-10,21H2,1H3/b35-29+. The van der Waals surface area contributed by atoms with Gasteiger partial charge in [-0.05, 0) is 91.5 Å². The van der Waals surface area contributed by atoms with Gasteiger partial charge >= 0.3 is 5.97 Å². The zero-order chi connectivity index (χ0) is 28.4. The number of benzene rings is 3. The van der Waals surface area contributed by atoms with E-state index in [1.165, 1.54) is 37.7 Å². The molecule has 1 aromatic heterocycles. The molecule has 10 heteroatoms. The lowest BCUT2D eigenvalue weighted by atomic mass is 9.84. The predicted octanol–water partition coefficient (Wildman–Crippen LogP) is 7.63.